The molecule has 1 aromatic carbocycles. The summed E-state index contributed by atoms with van der Waals surface area (Å²) in [7, 11) is 0. The van der Waals surface area contributed by atoms with Crippen LogP contribution in [0.2, 0.25) is 9.45 Å². The maximum absolute atomic E-state index is 2.54. The molecule has 1 heterocycles. The van der Waals surface area contributed by atoms with Gasteiger partial charge in [0.1, 0.15) is 0 Å². The van der Waals surface area contributed by atoms with Crippen LogP contribution in [0.15, 0.2) is 51.9 Å². The van der Waals surface area contributed by atoms with Gasteiger partial charge in [-0.3, -0.25) is 0 Å². The summed E-state index contributed by atoms with van der Waals surface area (Å²) in [5.41, 5.74) is 4.80. The number of rotatable bonds is 3. The first-order valence-corrected chi connectivity index (χ1v) is 11.4. The van der Waals surface area contributed by atoms with Gasteiger partial charge in [0, 0.05) is 0 Å². The molecule has 0 spiro atoms. The second-order valence-electron chi connectivity index (χ2n) is 6.09. The van der Waals surface area contributed by atoms with E-state index in [-0.39, 0.29) is 24.8 Å². The number of hydrogen-bond acceptors (Lipinski definition) is 0. The Labute approximate surface area is 143 Å². The van der Waals surface area contributed by atoms with Crippen molar-refractivity contribution in [2.24, 2.45) is 0 Å². The Kier molecular flexibility index (Phi) is 5.26. The molecule has 0 aromatic heterocycles. The minimum Gasteiger partial charge on any atom is -1.00 e. The molecule has 1 aromatic rings. The van der Waals surface area contributed by atoms with Gasteiger partial charge in [-0.2, -0.15) is 0 Å². The molecule has 3 aliphatic rings. The number of allylic oxidation sites excluding steroid dienone is 5. The molecule has 0 radical (unpaired) electrons. The third kappa shape index (κ3) is 2.61. The Hall–Kier alpha value is -0.266. The number of hydrogen-bond donors (Lipinski definition) is 0. The van der Waals surface area contributed by atoms with Gasteiger partial charge in [0.2, 0.25) is 0 Å². The number of halogens is 2. The average molecular weight is 355 g/mol. The second-order valence-corrected chi connectivity index (χ2v) is 13.2. The maximum atomic E-state index is 2.54. The molecular weight excluding hydrogens is 335 g/mol. The third-order valence-electron chi connectivity index (χ3n) is 5.19. The first-order valence-electron chi connectivity index (χ1n) is 7.51. The minimum absolute atomic E-state index is 0. The largest absolute Gasteiger partial charge is 1.00 e. The Bertz CT molecular complexity index is 624. The Morgan fingerprint density at radius 1 is 1.10 bits per heavy atom. The Morgan fingerprint density at radius 3 is 2.57 bits per heavy atom. The average Bonchev–Trinajstić information content (AvgIpc) is 2.93. The van der Waals surface area contributed by atoms with Gasteiger partial charge < -0.3 is 24.8 Å². The van der Waals surface area contributed by atoms with E-state index in [0.29, 0.717) is 0 Å². The van der Waals surface area contributed by atoms with E-state index in [0.717, 1.165) is 4.22 Å². The van der Waals surface area contributed by atoms with Gasteiger partial charge in [-0.1, -0.05) is 0 Å². The first kappa shape index (κ1) is 17.1. The number of benzene rings is 1. The van der Waals surface area contributed by atoms with Gasteiger partial charge in [-0.25, -0.2) is 0 Å². The summed E-state index contributed by atoms with van der Waals surface area (Å²) in [5, 5.41) is 0. The molecule has 1 unspecified atom stereocenters. The summed E-state index contributed by atoms with van der Waals surface area (Å²) < 4.78 is 5.86. The summed E-state index contributed by atoms with van der Waals surface area (Å²) in [5.74, 6) is 0. The fourth-order valence-electron chi connectivity index (χ4n) is 4.07. The van der Waals surface area contributed by atoms with Crippen LogP contribution in [0.25, 0.3) is 6.08 Å². The molecule has 0 saturated carbocycles. The van der Waals surface area contributed by atoms with Gasteiger partial charge in [-0.15, -0.1) is 0 Å². The van der Waals surface area contributed by atoms with Crippen molar-refractivity contribution in [2.75, 3.05) is 0 Å². The van der Waals surface area contributed by atoms with E-state index < -0.39 is 16.6 Å². The molecule has 2 aliphatic carbocycles. The van der Waals surface area contributed by atoms with Crippen molar-refractivity contribution in [3.8, 4) is 0 Å². The molecule has 1 aliphatic heterocycles. The van der Waals surface area contributed by atoms with Crippen molar-refractivity contribution < 1.29 is 41.4 Å². The predicted molar refractivity (Wildman–Crippen MR) is 78.9 cm³/mol. The fourth-order valence-corrected chi connectivity index (χ4v) is 13.0. The summed E-state index contributed by atoms with van der Waals surface area (Å²) >= 11 is -1.77. The van der Waals surface area contributed by atoms with Crippen LogP contribution >= 0.6 is 0 Å². The van der Waals surface area contributed by atoms with Crippen LogP contribution < -0.4 is 24.8 Å². The molecule has 3 heteroatoms. The van der Waals surface area contributed by atoms with E-state index in [1.807, 2.05) is 3.88 Å². The van der Waals surface area contributed by atoms with Gasteiger partial charge in [-0.05, 0) is 0 Å². The molecule has 1 atom stereocenters. The summed E-state index contributed by atoms with van der Waals surface area (Å²) in [6.07, 6.45) is 12.2. The van der Waals surface area contributed by atoms with Crippen LogP contribution in [0.4, 0.5) is 0 Å². The summed E-state index contributed by atoms with van der Waals surface area (Å²) in [4.78, 5) is 0. The minimum atomic E-state index is -1.77. The molecule has 21 heavy (non-hydrogen) atoms. The Balaban J connectivity index is 0.000000807. The molecule has 4 rings (SSSR count). The van der Waals surface area contributed by atoms with Crippen molar-refractivity contribution >= 4 is 6.08 Å². The van der Waals surface area contributed by atoms with Crippen molar-refractivity contribution in [3.63, 3.8) is 0 Å². The zero-order chi connectivity index (χ0) is 12.9. The molecule has 110 valence electrons. The van der Waals surface area contributed by atoms with E-state index in [4.69, 9.17) is 0 Å². The van der Waals surface area contributed by atoms with Crippen molar-refractivity contribution in [1.29, 1.82) is 0 Å². The van der Waals surface area contributed by atoms with Crippen LogP contribution in [-0.4, -0.2) is 0 Å². The topological polar surface area (TPSA) is 0 Å². The van der Waals surface area contributed by atoms with E-state index in [1.165, 1.54) is 18.4 Å². The zero-order valence-corrected chi connectivity index (χ0v) is 15.4. The smallest absolute Gasteiger partial charge is 1.00 e. The molecule has 0 bridgehead atoms. The SMILES string of the molecule is CCC1=[C]([Ti+2]2([CH]3C=Cc4ccccc43)[CH2][CH2]2)CC=C1.[Cl-].[Cl-]. The van der Waals surface area contributed by atoms with Crippen LogP contribution in [0.3, 0.4) is 0 Å². The van der Waals surface area contributed by atoms with Gasteiger partial charge >= 0.3 is 119 Å². The van der Waals surface area contributed by atoms with Crippen LogP contribution in [-0.2, 0) is 16.6 Å². The van der Waals surface area contributed by atoms with E-state index in [9.17, 15) is 0 Å². The van der Waals surface area contributed by atoms with Crippen LogP contribution in [0.5, 0.6) is 0 Å². The normalized spacial score (nSPS) is 22.0. The first-order chi connectivity index (χ1) is 9.35. The monoisotopic (exact) mass is 354 g/mol. The van der Waals surface area contributed by atoms with Gasteiger partial charge in [0.25, 0.3) is 0 Å². The molecular formula is C18H20Cl2Ti. The van der Waals surface area contributed by atoms with Gasteiger partial charge in [0.05, 0.1) is 0 Å². The quantitative estimate of drug-likeness (QED) is 0.635. The molecule has 0 nitrogen and oxygen atoms in total. The standard InChI is InChI=1S/C9H7.C7H9.C2H4.2ClH.Ti/c1-2-5-9-7-3-6-8(9)4-1;1-2-7-5-3-4-6-7;1-2;;;/h1-7H;3,5H,2,4H2,1H3;1-2H2;2*1H;/q;;;;;+2/p-2. The zero-order valence-electron chi connectivity index (χ0n) is 12.3. The van der Waals surface area contributed by atoms with Gasteiger partial charge in [0.15, 0.2) is 0 Å². The van der Waals surface area contributed by atoms with E-state index in [1.54, 1.807) is 20.6 Å². The fraction of sp³-hybridized carbons (Fsp3) is 0.333. The number of fused-ring (bicyclic) bond motifs is 1. The predicted octanol–water partition coefficient (Wildman–Crippen LogP) is -0.609. The van der Waals surface area contributed by atoms with Crippen molar-refractivity contribution in [2.45, 2.75) is 33.4 Å². The summed E-state index contributed by atoms with van der Waals surface area (Å²) in [6, 6.07) is 9.05. The van der Waals surface area contributed by atoms with Crippen molar-refractivity contribution in [1.82, 2.24) is 0 Å². The maximum Gasteiger partial charge on any atom is -1.00 e. The van der Waals surface area contributed by atoms with Crippen LogP contribution in [0, 0.1) is 0 Å². The summed E-state index contributed by atoms with van der Waals surface area (Å²) in [6.45, 7) is 2.32. The molecule has 1 saturated heterocycles. The molecule has 0 amide bonds. The molecule has 0 N–H and O–H groups in total. The third-order valence-corrected chi connectivity index (χ3v) is 13.0. The molecule has 1 fully saturated rings. The Morgan fingerprint density at radius 2 is 1.86 bits per heavy atom. The van der Waals surface area contributed by atoms with Crippen molar-refractivity contribution in [3.05, 3.63) is 63.1 Å². The second kappa shape index (κ2) is 6.46. The van der Waals surface area contributed by atoms with Crippen LogP contribution in [0.1, 0.15) is 35.1 Å². The van der Waals surface area contributed by atoms with E-state index in [2.05, 4.69) is 55.5 Å². The van der Waals surface area contributed by atoms with E-state index >= 15 is 0 Å².